The van der Waals surface area contributed by atoms with E-state index in [1.54, 1.807) is 6.07 Å². The summed E-state index contributed by atoms with van der Waals surface area (Å²) in [5.41, 5.74) is 1.09. The molecule has 0 unspecified atom stereocenters. The van der Waals surface area contributed by atoms with Crippen molar-refractivity contribution in [2.45, 2.75) is 19.9 Å². The van der Waals surface area contributed by atoms with Crippen LogP contribution in [0.5, 0.6) is 0 Å². The van der Waals surface area contributed by atoms with Crippen LogP contribution in [0.3, 0.4) is 0 Å². The first kappa shape index (κ1) is 10.5. The highest BCUT2D eigenvalue weighted by Gasteiger charge is 2.09. The quantitative estimate of drug-likeness (QED) is 0.854. The second-order valence-electron chi connectivity index (χ2n) is 3.18. The summed E-state index contributed by atoms with van der Waals surface area (Å²) in [6.07, 6.45) is 3.34. The molecule has 0 saturated heterocycles. The van der Waals surface area contributed by atoms with E-state index in [0.717, 1.165) is 0 Å². The van der Waals surface area contributed by atoms with Gasteiger partial charge in [0.25, 0.3) is 0 Å². The highest BCUT2D eigenvalue weighted by Crippen LogP contribution is 2.13. The molecule has 16 heavy (non-hydrogen) atoms. The molecular weight excluding hydrogens is 211 g/mol. The third-order valence-corrected chi connectivity index (χ3v) is 2.12. The molecule has 0 aliphatic rings. The zero-order valence-corrected chi connectivity index (χ0v) is 8.77. The Balaban J connectivity index is 2.09. The van der Waals surface area contributed by atoms with E-state index in [1.807, 2.05) is 6.92 Å². The Hall–Kier alpha value is -1.98. The first-order chi connectivity index (χ1) is 7.81. The number of aryl methyl sites for hydroxylation is 1. The summed E-state index contributed by atoms with van der Waals surface area (Å²) in [4.78, 5) is 7.67. The van der Waals surface area contributed by atoms with Gasteiger partial charge in [-0.1, -0.05) is 12.1 Å². The van der Waals surface area contributed by atoms with E-state index in [-0.39, 0.29) is 5.82 Å². The molecule has 2 heterocycles. The fraction of sp³-hybridized carbons (Fsp3) is 0.300. The second-order valence-corrected chi connectivity index (χ2v) is 3.18. The number of halogens is 1. The third-order valence-electron chi connectivity index (χ3n) is 2.12. The Morgan fingerprint density at radius 2 is 2.31 bits per heavy atom. The number of anilines is 1. The molecule has 2 aromatic heterocycles. The van der Waals surface area contributed by atoms with Crippen LogP contribution in [-0.4, -0.2) is 15.1 Å². The van der Waals surface area contributed by atoms with Crippen molar-refractivity contribution in [3.8, 4) is 0 Å². The molecule has 0 fully saturated rings. The minimum Gasteiger partial charge on any atom is -0.364 e. The summed E-state index contributed by atoms with van der Waals surface area (Å²) in [5.74, 6) is -0.219. The van der Waals surface area contributed by atoms with Gasteiger partial charge in [0.1, 0.15) is 18.3 Å². The Kier molecular flexibility index (Phi) is 3.09. The van der Waals surface area contributed by atoms with Crippen molar-refractivity contribution in [2.24, 2.45) is 0 Å². The number of rotatable bonds is 4. The van der Waals surface area contributed by atoms with E-state index in [9.17, 15) is 4.39 Å². The van der Waals surface area contributed by atoms with E-state index in [1.165, 1.54) is 12.6 Å². The fourth-order valence-electron chi connectivity index (χ4n) is 1.28. The minimum absolute atomic E-state index is 0.190. The van der Waals surface area contributed by atoms with Gasteiger partial charge in [-0.25, -0.2) is 14.4 Å². The van der Waals surface area contributed by atoms with Gasteiger partial charge in [0.05, 0.1) is 12.2 Å². The molecule has 1 N–H and O–H groups in total. The van der Waals surface area contributed by atoms with Gasteiger partial charge >= 0.3 is 0 Å². The van der Waals surface area contributed by atoms with Gasteiger partial charge in [-0.15, -0.1) is 0 Å². The molecule has 0 amide bonds. The molecule has 5 nitrogen and oxygen atoms in total. The van der Waals surface area contributed by atoms with Gasteiger partial charge in [-0.3, -0.25) is 0 Å². The Morgan fingerprint density at radius 1 is 1.44 bits per heavy atom. The second kappa shape index (κ2) is 4.69. The van der Waals surface area contributed by atoms with E-state index in [0.29, 0.717) is 24.4 Å². The lowest BCUT2D eigenvalue weighted by Crippen LogP contribution is -2.06. The molecule has 0 aliphatic carbocycles. The fourth-order valence-corrected chi connectivity index (χ4v) is 1.28. The lowest BCUT2D eigenvalue weighted by Gasteiger charge is -2.06. The van der Waals surface area contributed by atoms with Crippen molar-refractivity contribution >= 4 is 5.82 Å². The summed E-state index contributed by atoms with van der Waals surface area (Å²) in [6.45, 7) is 2.21. The molecule has 0 aliphatic heterocycles. The van der Waals surface area contributed by atoms with Crippen molar-refractivity contribution in [2.75, 3.05) is 5.32 Å². The number of aromatic nitrogens is 3. The SMILES string of the molecule is CCc1ncnc(NCc2ccon2)c1F. The zero-order chi connectivity index (χ0) is 11.4. The van der Waals surface area contributed by atoms with Crippen LogP contribution >= 0.6 is 0 Å². The molecule has 6 heteroatoms. The highest BCUT2D eigenvalue weighted by molar-refractivity contribution is 5.37. The van der Waals surface area contributed by atoms with Crippen molar-refractivity contribution < 1.29 is 8.91 Å². The van der Waals surface area contributed by atoms with E-state index in [4.69, 9.17) is 0 Å². The van der Waals surface area contributed by atoms with Crippen LogP contribution in [0.1, 0.15) is 18.3 Å². The number of hydrogen-bond donors (Lipinski definition) is 1. The van der Waals surface area contributed by atoms with Crippen LogP contribution in [0.15, 0.2) is 23.2 Å². The van der Waals surface area contributed by atoms with Crippen LogP contribution in [0.25, 0.3) is 0 Å². The normalized spacial score (nSPS) is 10.4. The maximum atomic E-state index is 13.7. The summed E-state index contributed by atoms with van der Waals surface area (Å²) in [6, 6.07) is 1.70. The summed E-state index contributed by atoms with van der Waals surface area (Å²) >= 11 is 0. The topological polar surface area (TPSA) is 63.8 Å². The lowest BCUT2D eigenvalue weighted by molar-refractivity contribution is 0.412. The van der Waals surface area contributed by atoms with Crippen LogP contribution in [0.2, 0.25) is 0 Å². The van der Waals surface area contributed by atoms with E-state index < -0.39 is 5.82 Å². The molecule has 2 aromatic rings. The van der Waals surface area contributed by atoms with Crippen LogP contribution in [0, 0.1) is 5.82 Å². The van der Waals surface area contributed by atoms with Gasteiger partial charge in [-0.2, -0.15) is 0 Å². The lowest BCUT2D eigenvalue weighted by atomic mass is 10.3. The Bertz CT molecular complexity index is 458. The summed E-state index contributed by atoms with van der Waals surface area (Å²) < 4.78 is 18.3. The Morgan fingerprint density at radius 3 is 3.00 bits per heavy atom. The van der Waals surface area contributed by atoms with Crippen LogP contribution in [-0.2, 0) is 13.0 Å². The average molecular weight is 222 g/mol. The summed E-state index contributed by atoms with van der Waals surface area (Å²) in [7, 11) is 0. The Labute approximate surface area is 91.7 Å². The van der Waals surface area contributed by atoms with Gasteiger partial charge < -0.3 is 9.84 Å². The van der Waals surface area contributed by atoms with Crippen molar-refractivity contribution in [3.63, 3.8) is 0 Å². The smallest absolute Gasteiger partial charge is 0.186 e. The number of nitrogens with zero attached hydrogens (tertiary/aromatic N) is 3. The molecular formula is C10H11FN4O. The minimum atomic E-state index is -0.409. The van der Waals surface area contributed by atoms with Crippen LogP contribution < -0.4 is 5.32 Å². The van der Waals surface area contributed by atoms with Crippen molar-refractivity contribution in [1.29, 1.82) is 0 Å². The first-order valence-electron chi connectivity index (χ1n) is 4.93. The maximum Gasteiger partial charge on any atom is 0.186 e. The monoisotopic (exact) mass is 222 g/mol. The predicted molar refractivity (Wildman–Crippen MR) is 55.2 cm³/mol. The van der Waals surface area contributed by atoms with E-state index >= 15 is 0 Å². The van der Waals surface area contributed by atoms with Crippen LogP contribution in [0.4, 0.5) is 10.2 Å². The molecule has 84 valence electrons. The van der Waals surface area contributed by atoms with Crippen molar-refractivity contribution in [3.05, 3.63) is 35.9 Å². The first-order valence-corrected chi connectivity index (χ1v) is 4.93. The maximum absolute atomic E-state index is 13.7. The number of hydrogen-bond acceptors (Lipinski definition) is 5. The van der Waals surface area contributed by atoms with Crippen molar-refractivity contribution in [1.82, 2.24) is 15.1 Å². The molecule has 0 radical (unpaired) electrons. The zero-order valence-electron chi connectivity index (χ0n) is 8.77. The standard InChI is InChI=1S/C10H11FN4O/c1-2-8-9(11)10(14-6-13-8)12-5-7-3-4-16-15-7/h3-4,6H,2,5H2,1H3,(H,12,13,14). The summed E-state index contributed by atoms with van der Waals surface area (Å²) in [5, 5.41) is 6.54. The predicted octanol–water partition coefficient (Wildman–Crippen LogP) is 1.78. The third kappa shape index (κ3) is 2.16. The van der Waals surface area contributed by atoms with E-state index in [2.05, 4.69) is 25.0 Å². The molecule has 0 atom stereocenters. The average Bonchev–Trinajstić information content (AvgIpc) is 2.81. The molecule has 0 spiro atoms. The van der Waals surface area contributed by atoms with Gasteiger partial charge in [0.15, 0.2) is 11.6 Å². The van der Waals surface area contributed by atoms with Gasteiger partial charge in [0.2, 0.25) is 0 Å². The highest BCUT2D eigenvalue weighted by atomic mass is 19.1. The molecule has 0 aromatic carbocycles. The molecule has 0 bridgehead atoms. The molecule has 2 rings (SSSR count). The number of nitrogens with one attached hydrogen (secondary N) is 1. The molecule has 0 saturated carbocycles. The van der Waals surface area contributed by atoms with Gasteiger partial charge in [0, 0.05) is 6.07 Å². The van der Waals surface area contributed by atoms with Gasteiger partial charge in [-0.05, 0) is 6.42 Å². The largest absolute Gasteiger partial charge is 0.364 e.